The van der Waals surface area contributed by atoms with Crippen LogP contribution in [0, 0.1) is 0 Å². The fourth-order valence-corrected chi connectivity index (χ4v) is 10.0. The maximum absolute atomic E-state index is 12.9. The molecule has 21 heteroatoms. The summed E-state index contributed by atoms with van der Waals surface area (Å²) in [5.41, 5.74) is 4.59. The van der Waals surface area contributed by atoms with Gasteiger partial charge < -0.3 is 44.7 Å². The van der Waals surface area contributed by atoms with Gasteiger partial charge in [0.1, 0.15) is 30.7 Å². The highest BCUT2D eigenvalue weighted by Gasteiger charge is 2.46. The van der Waals surface area contributed by atoms with Crippen molar-refractivity contribution in [2.24, 2.45) is 0 Å². The zero-order valence-electron chi connectivity index (χ0n) is 42.2. The molecule has 6 N–H and O–H groups in total. The third-order valence-electron chi connectivity index (χ3n) is 12.1. The second kappa shape index (κ2) is 36.0. The second-order valence-electron chi connectivity index (χ2n) is 18.4. The van der Waals surface area contributed by atoms with E-state index in [9.17, 15) is 43.5 Å². The lowest BCUT2D eigenvalue weighted by molar-refractivity contribution is -0.161. The molecule has 0 aromatic carbocycles. The molecular formula is C50H85N3O16P2. The number of hydrogen-bond acceptors (Lipinski definition) is 16. The molecule has 0 bridgehead atoms. The van der Waals surface area contributed by atoms with Gasteiger partial charge in [-0.1, -0.05) is 134 Å². The zero-order valence-corrected chi connectivity index (χ0v) is 44.0. The maximum Gasteiger partial charge on any atom is 0.481 e. The van der Waals surface area contributed by atoms with Crippen LogP contribution >= 0.6 is 15.6 Å². The van der Waals surface area contributed by atoms with Crippen LogP contribution in [-0.2, 0) is 51.0 Å². The lowest BCUT2D eigenvalue weighted by Gasteiger charge is -2.21. The third-order valence-corrected chi connectivity index (χ3v) is 14.7. The van der Waals surface area contributed by atoms with Crippen molar-refractivity contribution in [3.05, 3.63) is 59.2 Å². The molecule has 71 heavy (non-hydrogen) atoms. The van der Waals surface area contributed by atoms with E-state index in [1.807, 2.05) is 0 Å². The molecule has 2 aliphatic heterocycles. The maximum atomic E-state index is 12.9. The molecule has 4 unspecified atom stereocenters. The number of unbranched alkanes of at least 4 members (excludes halogenated alkanes) is 17. The number of phosphoric ester groups is 2. The molecule has 2 fully saturated rings. The van der Waals surface area contributed by atoms with Gasteiger partial charge in [0.25, 0.3) is 0 Å². The smallest absolute Gasteiger partial charge is 0.462 e. The van der Waals surface area contributed by atoms with Crippen molar-refractivity contribution in [2.45, 2.75) is 224 Å². The molecule has 0 saturated carbocycles. The fourth-order valence-electron chi connectivity index (χ4n) is 7.94. The number of aliphatic hydroxyl groups excluding tert-OH is 2. The van der Waals surface area contributed by atoms with E-state index in [0.717, 1.165) is 113 Å². The molecule has 0 radical (unpaired) electrons. The van der Waals surface area contributed by atoms with Crippen LogP contribution < -0.4 is 11.4 Å². The zero-order chi connectivity index (χ0) is 51.7. The average Bonchev–Trinajstić information content (AvgIpc) is 4.02. The Morgan fingerprint density at radius 1 is 0.704 bits per heavy atom. The molecule has 2 aliphatic rings. The highest BCUT2D eigenvalue weighted by Crippen LogP contribution is 2.60. The summed E-state index contributed by atoms with van der Waals surface area (Å²) >= 11 is 0. The number of aliphatic hydroxyl groups is 2. The minimum atomic E-state index is -5.43. The summed E-state index contributed by atoms with van der Waals surface area (Å²) in [6, 6.07) is 1.25. The number of aromatic nitrogens is 2. The molecule has 1 aromatic rings. The number of esters is 2. The fraction of sp³-hybridized carbons (Fsp3) is 0.760. The lowest BCUT2D eigenvalue weighted by Crippen LogP contribution is -2.36. The van der Waals surface area contributed by atoms with Crippen molar-refractivity contribution in [1.29, 1.82) is 0 Å². The first-order valence-electron chi connectivity index (χ1n) is 26.1. The number of rotatable bonds is 42. The van der Waals surface area contributed by atoms with E-state index >= 15 is 0 Å². The minimum Gasteiger partial charge on any atom is -0.462 e. The summed E-state index contributed by atoms with van der Waals surface area (Å²) in [5, 5.41) is 20.9. The molecule has 406 valence electrons. The van der Waals surface area contributed by atoms with Gasteiger partial charge in [0, 0.05) is 19.0 Å². The number of epoxide rings is 1. The van der Waals surface area contributed by atoms with Gasteiger partial charge in [-0.25, -0.2) is 13.9 Å². The number of hydrogen-bond donors (Lipinski definition) is 5. The molecule has 0 amide bonds. The van der Waals surface area contributed by atoms with Crippen LogP contribution in [0.3, 0.4) is 0 Å². The summed E-state index contributed by atoms with van der Waals surface area (Å²) in [6.45, 7) is 2.08. The number of anilines is 1. The number of nitrogens with zero attached hydrogens (tertiary/aromatic N) is 2. The van der Waals surface area contributed by atoms with Crippen LogP contribution in [0.1, 0.15) is 187 Å². The molecule has 2 saturated heterocycles. The first kappa shape index (κ1) is 62.2. The van der Waals surface area contributed by atoms with Crippen LogP contribution in [-0.4, -0.2) is 97.9 Å². The van der Waals surface area contributed by atoms with E-state index in [0.29, 0.717) is 25.0 Å². The van der Waals surface area contributed by atoms with Gasteiger partial charge in [0.15, 0.2) is 12.3 Å². The number of carbonyl (C=O) groups is 2. The van der Waals surface area contributed by atoms with E-state index in [4.69, 9.17) is 33.7 Å². The van der Waals surface area contributed by atoms with Crippen molar-refractivity contribution < 1.29 is 71.0 Å². The van der Waals surface area contributed by atoms with E-state index < -0.39 is 83.7 Å². The van der Waals surface area contributed by atoms with Gasteiger partial charge in [-0.2, -0.15) is 9.29 Å². The van der Waals surface area contributed by atoms with Crippen LogP contribution in [0.15, 0.2) is 53.5 Å². The predicted molar refractivity (Wildman–Crippen MR) is 270 cm³/mol. The monoisotopic (exact) mass is 1050 g/mol. The van der Waals surface area contributed by atoms with E-state index in [-0.39, 0.29) is 18.7 Å². The number of phosphoric acid groups is 2. The molecule has 3 rings (SSSR count). The van der Waals surface area contributed by atoms with Crippen LogP contribution in [0.5, 0.6) is 0 Å². The topological polar surface area (TPSA) is 278 Å². The van der Waals surface area contributed by atoms with Gasteiger partial charge in [-0.15, -0.1) is 0 Å². The quantitative estimate of drug-likeness (QED) is 0.0134. The van der Waals surface area contributed by atoms with E-state index in [2.05, 4.69) is 59.6 Å². The Morgan fingerprint density at radius 2 is 1.27 bits per heavy atom. The Morgan fingerprint density at radius 3 is 1.90 bits per heavy atom. The van der Waals surface area contributed by atoms with Crippen molar-refractivity contribution in [1.82, 2.24) is 9.55 Å². The first-order chi connectivity index (χ1) is 34.1. The SMILES string of the molecule is CCCCC/C=C\C/C=C\CCCCCCCCCC(=O)OC[C@H](COP(=O)(O)OP(=O)(O)OC[C@H]1O[C@@H](n2ccc(N)nc2=O)[C@H](O)[C@@H]1O)OC(=O)CCCCCCCC1OC1C/C=C\CCCCC. The van der Waals surface area contributed by atoms with Crippen LogP contribution in [0.2, 0.25) is 0 Å². The highest BCUT2D eigenvalue weighted by molar-refractivity contribution is 7.61. The van der Waals surface area contributed by atoms with Gasteiger partial charge in [-0.05, 0) is 76.7 Å². The third kappa shape index (κ3) is 28.3. The second-order valence-corrected chi connectivity index (χ2v) is 21.4. The summed E-state index contributed by atoms with van der Waals surface area (Å²) in [6.07, 6.45) is 32.3. The summed E-state index contributed by atoms with van der Waals surface area (Å²) < 4.78 is 62.7. The standard InChI is InChI=1S/C50H85N3O16P2/c1-3-5-7-9-11-12-13-14-15-16-17-18-19-20-21-25-29-33-45(54)63-37-40(66-46(55)34-30-26-22-24-28-32-42-41(67-42)31-27-23-10-8-6-4-2)38-64-70(59,60)69-71(61,62)65-39-43-47(56)48(57)49(68-43)53-36-35-44(51)52-50(53)58/h11-12,14-15,23,27,35-36,40-43,47-49,56-57H,3-10,13,16-22,24-26,28-34,37-39H2,1-2H3,(H,59,60)(H,61,62)(H2,51,52,58)/b12-11-,15-14-,27-23-/t40-,41?,42?,43-,47-,48-,49-/m1/s1. The Kier molecular flexibility index (Phi) is 31.5. The molecule has 3 heterocycles. The number of nitrogens with two attached hydrogens (primary N) is 1. The number of nitrogen functional groups attached to an aromatic ring is 1. The summed E-state index contributed by atoms with van der Waals surface area (Å²) in [5.74, 6) is -1.33. The molecule has 0 aliphatic carbocycles. The van der Waals surface area contributed by atoms with Crippen molar-refractivity contribution in [3.63, 3.8) is 0 Å². The average molecular weight is 1050 g/mol. The van der Waals surface area contributed by atoms with Crippen LogP contribution in [0.4, 0.5) is 5.82 Å². The van der Waals surface area contributed by atoms with Crippen molar-refractivity contribution in [2.75, 3.05) is 25.6 Å². The predicted octanol–water partition coefficient (Wildman–Crippen LogP) is 9.77. The Hall–Kier alpha value is -3.06. The summed E-state index contributed by atoms with van der Waals surface area (Å²) in [7, 11) is -10.9. The number of carbonyl (C=O) groups excluding carboxylic acids is 2. The first-order valence-corrected chi connectivity index (χ1v) is 29.1. The largest absolute Gasteiger partial charge is 0.481 e. The minimum absolute atomic E-state index is 0.0253. The number of allylic oxidation sites excluding steroid dienone is 5. The molecule has 1 aromatic heterocycles. The Bertz CT molecular complexity index is 1900. The van der Waals surface area contributed by atoms with Gasteiger partial charge in [-0.3, -0.25) is 23.2 Å². The molecule has 0 spiro atoms. The van der Waals surface area contributed by atoms with Crippen molar-refractivity contribution >= 4 is 33.4 Å². The van der Waals surface area contributed by atoms with Crippen molar-refractivity contribution in [3.8, 4) is 0 Å². The summed E-state index contributed by atoms with van der Waals surface area (Å²) in [4.78, 5) is 62.0. The Balaban J connectivity index is 1.39. The van der Waals surface area contributed by atoms with E-state index in [1.165, 1.54) is 44.6 Å². The van der Waals surface area contributed by atoms with Crippen LogP contribution in [0.25, 0.3) is 0 Å². The number of ether oxygens (including phenoxy) is 4. The normalized spacial score (nSPS) is 22.3. The Labute approximate surface area is 421 Å². The van der Waals surface area contributed by atoms with Gasteiger partial charge in [0.05, 0.1) is 25.4 Å². The van der Waals surface area contributed by atoms with E-state index in [1.54, 1.807) is 0 Å². The molecule has 9 atom stereocenters. The molecular weight excluding hydrogens is 961 g/mol. The highest BCUT2D eigenvalue weighted by atomic mass is 31.3. The lowest BCUT2D eigenvalue weighted by atomic mass is 10.1. The molecule has 19 nitrogen and oxygen atoms in total. The van der Waals surface area contributed by atoms with Gasteiger partial charge >= 0.3 is 33.3 Å². The van der Waals surface area contributed by atoms with Gasteiger partial charge in [0.2, 0.25) is 0 Å².